The quantitative estimate of drug-likeness (QED) is 0.683. The van der Waals surface area contributed by atoms with E-state index in [0.717, 1.165) is 6.07 Å². The highest BCUT2D eigenvalue weighted by molar-refractivity contribution is 7.86. The van der Waals surface area contributed by atoms with Gasteiger partial charge in [-0.25, -0.2) is 4.79 Å². The van der Waals surface area contributed by atoms with Gasteiger partial charge in [0.2, 0.25) is 0 Å². The fraction of sp³-hybridized carbons (Fsp3) is 0. The predicted molar refractivity (Wildman–Crippen MR) is 55.7 cm³/mol. The minimum atomic E-state index is -4.70. The van der Waals surface area contributed by atoms with Crippen molar-refractivity contribution in [2.24, 2.45) is 0 Å². The molecule has 0 atom stereocenters. The molecule has 17 heavy (non-hydrogen) atoms. The molecule has 90 valence electrons. The summed E-state index contributed by atoms with van der Waals surface area (Å²) >= 11 is 5.62. The number of aromatic carboxylic acids is 1. The maximum absolute atomic E-state index is 11.1. The van der Waals surface area contributed by atoms with E-state index in [4.69, 9.17) is 21.3 Å². The highest BCUT2D eigenvalue weighted by Crippen LogP contribution is 2.31. The number of hydrogen-bond donors (Lipinski definition) is 3. The summed E-state index contributed by atoms with van der Waals surface area (Å²) in [7, 11) is -4.70. The largest absolute Gasteiger partial charge is 0.478 e. The van der Waals surface area contributed by atoms with Crippen LogP contribution in [0.25, 0.3) is 11.0 Å². The van der Waals surface area contributed by atoms with E-state index in [1.807, 2.05) is 0 Å². The minimum Gasteiger partial charge on any atom is -0.478 e. The van der Waals surface area contributed by atoms with Crippen LogP contribution in [0.1, 0.15) is 10.4 Å². The van der Waals surface area contributed by atoms with Gasteiger partial charge in [-0.15, -0.1) is 0 Å². The zero-order valence-electron chi connectivity index (χ0n) is 7.88. The normalized spacial score (nSPS) is 11.9. The molecule has 0 saturated heterocycles. The van der Waals surface area contributed by atoms with Crippen LogP contribution in [-0.4, -0.2) is 39.5 Å². The molecule has 0 aliphatic heterocycles. The van der Waals surface area contributed by atoms with Crippen molar-refractivity contribution in [3.8, 4) is 0 Å². The van der Waals surface area contributed by atoms with Crippen molar-refractivity contribution in [1.29, 1.82) is 0 Å². The third-order valence-corrected chi connectivity index (χ3v) is 3.41. The molecule has 2 rings (SSSR count). The van der Waals surface area contributed by atoms with Crippen LogP contribution in [0.15, 0.2) is 11.0 Å². The van der Waals surface area contributed by atoms with E-state index < -0.39 is 31.6 Å². The molecule has 0 saturated carbocycles. The molecular weight excluding hydrogens is 274 g/mol. The number of nitrogens with one attached hydrogen (secondary N) is 1. The van der Waals surface area contributed by atoms with Crippen LogP contribution in [0, 0.1) is 0 Å². The molecule has 0 fully saturated rings. The van der Waals surface area contributed by atoms with Gasteiger partial charge in [0, 0.05) is 0 Å². The first-order valence-corrected chi connectivity index (χ1v) is 5.88. The van der Waals surface area contributed by atoms with Crippen molar-refractivity contribution in [3.63, 3.8) is 0 Å². The molecular formula is C7H4ClN3O5S. The third-order valence-electron chi connectivity index (χ3n) is 2.00. The van der Waals surface area contributed by atoms with Crippen LogP contribution in [0.5, 0.6) is 0 Å². The van der Waals surface area contributed by atoms with Crippen LogP contribution in [0.4, 0.5) is 0 Å². The highest BCUT2D eigenvalue weighted by atomic mass is 35.5. The van der Waals surface area contributed by atoms with Crippen LogP contribution < -0.4 is 0 Å². The van der Waals surface area contributed by atoms with Gasteiger partial charge in [0.1, 0.15) is 15.9 Å². The number of hydrogen-bond acceptors (Lipinski definition) is 5. The van der Waals surface area contributed by atoms with Gasteiger partial charge in [-0.1, -0.05) is 11.6 Å². The van der Waals surface area contributed by atoms with Gasteiger partial charge in [-0.2, -0.15) is 23.8 Å². The number of carboxylic acid groups (broad SMARTS) is 1. The zero-order chi connectivity index (χ0) is 12.8. The lowest BCUT2D eigenvalue weighted by molar-refractivity contribution is 0.0697. The molecule has 1 aromatic carbocycles. The van der Waals surface area contributed by atoms with Gasteiger partial charge in [0.25, 0.3) is 10.1 Å². The Morgan fingerprint density at radius 3 is 2.59 bits per heavy atom. The van der Waals surface area contributed by atoms with Crippen molar-refractivity contribution < 1.29 is 22.9 Å². The number of carbonyl (C=O) groups is 1. The number of halogens is 1. The van der Waals surface area contributed by atoms with Crippen LogP contribution >= 0.6 is 11.6 Å². The summed E-state index contributed by atoms with van der Waals surface area (Å²) in [5.41, 5.74) is -0.734. The average Bonchev–Trinajstić information content (AvgIpc) is 2.60. The van der Waals surface area contributed by atoms with E-state index in [1.54, 1.807) is 0 Å². The first-order chi connectivity index (χ1) is 7.82. The van der Waals surface area contributed by atoms with Crippen LogP contribution in [0.3, 0.4) is 0 Å². The molecule has 0 aliphatic rings. The molecule has 0 unspecified atom stereocenters. The summed E-state index contributed by atoms with van der Waals surface area (Å²) in [5, 5.41) is 17.4. The molecule has 10 heteroatoms. The van der Waals surface area contributed by atoms with Crippen molar-refractivity contribution >= 4 is 38.7 Å². The fourth-order valence-electron chi connectivity index (χ4n) is 1.32. The summed E-state index contributed by atoms with van der Waals surface area (Å²) in [5.74, 6) is -1.44. The Balaban J connectivity index is 3.02. The molecule has 1 heterocycles. The van der Waals surface area contributed by atoms with Gasteiger partial charge >= 0.3 is 5.97 Å². The summed E-state index contributed by atoms with van der Waals surface area (Å²) in [6.07, 6.45) is 0. The standard InChI is InChI=1S/C7H4ClN3O5S/c8-4-2(7(12)13)1-3-5(10-11-9-3)6(4)17(14,15)16/h1H,(H,12,13)(H,9,10,11)(H,14,15,16). The van der Waals surface area contributed by atoms with Gasteiger partial charge in [0.05, 0.1) is 10.6 Å². The topological polar surface area (TPSA) is 133 Å². The van der Waals surface area contributed by atoms with E-state index in [9.17, 15) is 13.2 Å². The number of nitrogens with zero attached hydrogens (tertiary/aromatic N) is 2. The number of H-pyrrole nitrogens is 1. The molecule has 8 nitrogen and oxygen atoms in total. The number of benzene rings is 1. The smallest absolute Gasteiger partial charge is 0.337 e. The van der Waals surface area contributed by atoms with Crippen molar-refractivity contribution in [3.05, 3.63) is 16.7 Å². The molecule has 0 aliphatic carbocycles. The maximum Gasteiger partial charge on any atom is 0.337 e. The monoisotopic (exact) mass is 277 g/mol. The Morgan fingerprint density at radius 1 is 1.41 bits per heavy atom. The SMILES string of the molecule is O=C(O)c1cc2n[nH]nc2c(S(=O)(=O)O)c1Cl. The fourth-order valence-corrected chi connectivity index (χ4v) is 2.57. The van der Waals surface area contributed by atoms with Crippen LogP contribution in [-0.2, 0) is 10.1 Å². The van der Waals surface area contributed by atoms with E-state index >= 15 is 0 Å². The molecule has 0 radical (unpaired) electrons. The first kappa shape index (κ1) is 11.8. The third kappa shape index (κ3) is 1.84. The summed E-state index contributed by atoms with van der Waals surface area (Å²) in [4.78, 5) is 10.1. The van der Waals surface area contributed by atoms with E-state index in [-0.39, 0.29) is 11.0 Å². The van der Waals surface area contributed by atoms with E-state index in [2.05, 4.69) is 15.4 Å². The first-order valence-electron chi connectivity index (χ1n) is 4.06. The van der Waals surface area contributed by atoms with Crippen molar-refractivity contribution in [2.45, 2.75) is 4.90 Å². The Hall–Kier alpha value is -1.71. The highest BCUT2D eigenvalue weighted by Gasteiger charge is 2.26. The predicted octanol–water partition coefficient (Wildman–Crippen LogP) is 0.556. The number of fused-ring (bicyclic) bond motifs is 1. The van der Waals surface area contributed by atoms with Gasteiger partial charge in [-0.3, -0.25) is 4.55 Å². The number of aromatic nitrogens is 3. The van der Waals surface area contributed by atoms with Gasteiger partial charge in [-0.05, 0) is 6.07 Å². The molecule has 0 bridgehead atoms. The lowest BCUT2D eigenvalue weighted by Crippen LogP contribution is -2.06. The molecule has 0 amide bonds. The number of rotatable bonds is 2. The Bertz CT molecular complexity index is 722. The molecule has 3 N–H and O–H groups in total. The second kappa shape index (κ2) is 3.65. The van der Waals surface area contributed by atoms with Crippen molar-refractivity contribution in [2.75, 3.05) is 0 Å². The van der Waals surface area contributed by atoms with Crippen LogP contribution in [0.2, 0.25) is 5.02 Å². The minimum absolute atomic E-state index is 0.0283. The second-order valence-electron chi connectivity index (χ2n) is 3.04. The average molecular weight is 278 g/mol. The zero-order valence-corrected chi connectivity index (χ0v) is 9.45. The van der Waals surface area contributed by atoms with E-state index in [0.29, 0.717) is 0 Å². The van der Waals surface area contributed by atoms with Crippen molar-refractivity contribution in [1.82, 2.24) is 15.4 Å². The molecule has 0 spiro atoms. The van der Waals surface area contributed by atoms with E-state index in [1.165, 1.54) is 0 Å². The van der Waals surface area contributed by atoms with Gasteiger partial charge in [0.15, 0.2) is 0 Å². The summed E-state index contributed by atoms with van der Waals surface area (Å²) in [6, 6.07) is 1.05. The Morgan fingerprint density at radius 2 is 2.06 bits per heavy atom. The Labute approximate surface area is 99.0 Å². The Kier molecular flexibility index (Phi) is 2.53. The lowest BCUT2D eigenvalue weighted by Gasteiger charge is -2.04. The molecule has 2 aromatic rings. The number of carboxylic acids is 1. The summed E-state index contributed by atoms with van der Waals surface area (Å²) in [6.45, 7) is 0. The summed E-state index contributed by atoms with van der Waals surface area (Å²) < 4.78 is 31.3. The number of aromatic amines is 1. The maximum atomic E-state index is 11.1. The lowest BCUT2D eigenvalue weighted by atomic mass is 10.2. The second-order valence-corrected chi connectivity index (χ2v) is 4.78. The molecule has 1 aromatic heterocycles. The van der Waals surface area contributed by atoms with Gasteiger partial charge < -0.3 is 5.11 Å².